The van der Waals surface area contributed by atoms with Crippen LogP contribution in [0.3, 0.4) is 0 Å². The van der Waals surface area contributed by atoms with E-state index in [0.717, 1.165) is 28.1 Å². The highest BCUT2D eigenvalue weighted by Gasteiger charge is 2.04. The summed E-state index contributed by atoms with van der Waals surface area (Å²) in [6.07, 6.45) is 3.68. The number of fused-ring (bicyclic) bond motifs is 1. The maximum absolute atomic E-state index is 5.94. The SMILES string of the molecule is Cc1ncc(CNc2ccnc3c(N)cccc23)s1. The molecule has 2 heterocycles. The molecule has 0 bridgehead atoms. The number of rotatable bonds is 3. The average molecular weight is 270 g/mol. The fourth-order valence-electron chi connectivity index (χ4n) is 2.02. The van der Waals surface area contributed by atoms with Crippen LogP contribution in [-0.4, -0.2) is 9.97 Å². The number of thiazole rings is 1. The summed E-state index contributed by atoms with van der Waals surface area (Å²) in [6, 6.07) is 7.81. The first-order valence-electron chi connectivity index (χ1n) is 6.02. The lowest BCUT2D eigenvalue weighted by atomic mass is 10.1. The van der Waals surface area contributed by atoms with Gasteiger partial charge in [0.15, 0.2) is 0 Å². The molecule has 0 radical (unpaired) electrons. The van der Waals surface area contributed by atoms with Crippen LogP contribution >= 0.6 is 11.3 Å². The molecule has 96 valence electrons. The molecule has 0 fully saturated rings. The highest BCUT2D eigenvalue weighted by Crippen LogP contribution is 2.26. The maximum atomic E-state index is 5.94. The Bertz CT molecular complexity index is 720. The first-order chi connectivity index (χ1) is 9.24. The lowest BCUT2D eigenvalue weighted by Gasteiger charge is -2.09. The smallest absolute Gasteiger partial charge is 0.0951 e. The lowest BCUT2D eigenvalue weighted by molar-refractivity contribution is 1.17. The van der Waals surface area contributed by atoms with E-state index in [1.54, 1.807) is 17.5 Å². The van der Waals surface area contributed by atoms with Crippen molar-refractivity contribution in [3.05, 3.63) is 46.5 Å². The summed E-state index contributed by atoms with van der Waals surface area (Å²) in [5, 5.41) is 5.55. The van der Waals surface area contributed by atoms with Crippen molar-refractivity contribution in [2.45, 2.75) is 13.5 Å². The van der Waals surface area contributed by atoms with E-state index in [-0.39, 0.29) is 0 Å². The van der Waals surface area contributed by atoms with Gasteiger partial charge in [0.2, 0.25) is 0 Å². The van der Waals surface area contributed by atoms with Crippen LogP contribution in [0.5, 0.6) is 0 Å². The highest BCUT2D eigenvalue weighted by molar-refractivity contribution is 7.11. The van der Waals surface area contributed by atoms with Gasteiger partial charge in [0.25, 0.3) is 0 Å². The minimum Gasteiger partial charge on any atom is -0.397 e. The normalized spacial score (nSPS) is 10.8. The standard InChI is InChI=1S/C14H14N4S/c1-9-17-7-10(19-9)8-18-13-5-6-16-14-11(13)3-2-4-12(14)15/h2-7H,8,15H2,1H3,(H,16,18). The molecule has 0 unspecified atom stereocenters. The number of nitrogen functional groups attached to an aromatic ring is 1. The van der Waals surface area contributed by atoms with Crippen molar-refractivity contribution in [3.8, 4) is 0 Å². The van der Waals surface area contributed by atoms with E-state index in [9.17, 15) is 0 Å². The Hall–Kier alpha value is -2.14. The third-order valence-corrected chi connectivity index (χ3v) is 3.84. The Balaban J connectivity index is 1.91. The average Bonchev–Trinajstić information content (AvgIpc) is 2.83. The monoisotopic (exact) mass is 270 g/mol. The number of aromatic nitrogens is 2. The molecule has 0 amide bonds. The van der Waals surface area contributed by atoms with Gasteiger partial charge < -0.3 is 11.1 Å². The van der Waals surface area contributed by atoms with Gasteiger partial charge in [-0.05, 0) is 19.1 Å². The van der Waals surface area contributed by atoms with Crippen LogP contribution in [0.4, 0.5) is 11.4 Å². The molecule has 0 spiro atoms. The zero-order chi connectivity index (χ0) is 13.2. The zero-order valence-corrected chi connectivity index (χ0v) is 11.4. The van der Waals surface area contributed by atoms with Crippen LogP contribution in [-0.2, 0) is 6.54 Å². The molecule has 0 aliphatic rings. The van der Waals surface area contributed by atoms with Gasteiger partial charge in [-0.25, -0.2) is 4.98 Å². The highest BCUT2D eigenvalue weighted by atomic mass is 32.1. The second kappa shape index (κ2) is 4.85. The predicted molar refractivity (Wildman–Crippen MR) is 80.3 cm³/mol. The molecule has 3 aromatic rings. The molecule has 0 atom stereocenters. The zero-order valence-electron chi connectivity index (χ0n) is 10.6. The van der Waals surface area contributed by atoms with Gasteiger partial charge in [-0.2, -0.15) is 0 Å². The van der Waals surface area contributed by atoms with Gasteiger partial charge in [0, 0.05) is 28.3 Å². The molecule has 1 aromatic carbocycles. The summed E-state index contributed by atoms with van der Waals surface area (Å²) in [7, 11) is 0. The molecule has 4 nitrogen and oxygen atoms in total. The number of benzene rings is 1. The van der Waals surface area contributed by atoms with Crippen LogP contribution in [0, 0.1) is 6.92 Å². The van der Waals surface area contributed by atoms with E-state index < -0.39 is 0 Å². The van der Waals surface area contributed by atoms with Crippen LogP contribution in [0.25, 0.3) is 10.9 Å². The first-order valence-corrected chi connectivity index (χ1v) is 6.84. The fourth-order valence-corrected chi connectivity index (χ4v) is 2.76. The molecule has 5 heteroatoms. The molecule has 2 aromatic heterocycles. The summed E-state index contributed by atoms with van der Waals surface area (Å²) in [5.74, 6) is 0. The van der Waals surface area contributed by atoms with E-state index in [2.05, 4.69) is 15.3 Å². The largest absolute Gasteiger partial charge is 0.397 e. The number of hydrogen-bond acceptors (Lipinski definition) is 5. The van der Waals surface area contributed by atoms with Crippen LogP contribution in [0.1, 0.15) is 9.88 Å². The number of pyridine rings is 1. The number of para-hydroxylation sites is 1. The summed E-state index contributed by atoms with van der Waals surface area (Å²) >= 11 is 1.70. The Morgan fingerprint density at radius 1 is 1.26 bits per heavy atom. The van der Waals surface area contributed by atoms with Crippen molar-refractivity contribution in [2.75, 3.05) is 11.1 Å². The Morgan fingerprint density at radius 3 is 2.95 bits per heavy atom. The van der Waals surface area contributed by atoms with E-state index in [0.29, 0.717) is 5.69 Å². The number of anilines is 2. The van der Waals surface area contributed by atoms with E-state index >= 15 is 0 Å². The third-order valence-electron chi connectivity index (χ3n) is 2.92. The molecule has 0 aliphatic carbocycles. The maximum Gasteiger partial charge on any atom is 0.0951 e. The second-order valence-electron chi connectivity index (χ2n) is 4.30. The minimum absolute atomic E-state index is 0.704. The second-order valence-corrected chi connectivity index (χ2v) is 5.62. The Labute approximate surface area is 115 Å². The number of nitrogens with two attached hydrogens (primary N) is 1. The van der Waals surface area contributed by atoms with Crippen molar-refractivity contribution >= 4 is 33.6 Å². The van der Waals surface area contributed by atoms with Gasteiger partial charge in [0.05, 0.1) is 22.8 Å². The number of nitrogens with one attached hydrogen (secondary N) is 1. The fraction of sp³-hybridized carbons (Fsp3) is 0.143. The summed E-state index contributed by atoms with van der Waals surface area (Å²) in [5.41, 5.74) is 8.53. The van der Waals surface area contributed by atoms with Crippen LogP contribution in [0.15, 0.2) is 36.7 Å². The number of nitrogens with zero attached hydrogens (tertiary/aromatic N) is 2. The van der Waals surface area contributed by atoms with Gasteiger partial charge in [-0.3, -0.25) is 4.98 Å². The number of aryl methyl sites for hydroxylation is 1. The topological polar surface area (TPSA) is 63.8 Å². The molecular weight excluding hydrogens is 256 g/mol. The van der Waals surface area contributed by atoms with Crippen LogP contribution < -0.4 is 11.1 Å². The third kappa shape index (κ3) is 2.37. The van der Waals surface area contributed by atoms with Crippen molar-refractivity contribution in [1.82, 2.24) is 9.97 Å². The van der Waals surface area contributed by atoms with Crippen molar-refractivity contribution in [2.24, 2.45) is 0 Å². The molecule has 3 N–H and O–H groups in total. The van der Waals surface area contributed by atoms with Crippen molar-refractivity contribution in [3.63, 3.8) is 0 Å². The minimum atomic E-state index is 0.704. The van der Waals surface area contributed by atoms with E-state index in [1.807, 2.05) is 37.4 Å². The van der Waals surface area contributed by atoms with E-state index in [4.69, 9.17) is 5.73 Å². The first kappa shape index (κ1) is 11.9. The molecule has 0 saturated carbocycles. The predicted octanol–water partition coefficient (Wildman–Crippen LogP) is 3.19. The Morgan fingerprint density at radius 2 is 2.16 bits per heavy atom. The summed E-state index contributed by atoms with van der Waals surface area (Å²) in [4.78, 5) is 9.79. The van der Waals surface area contributed by atoms with Gasteiger partial charge >= 0.3 is 0 Å². The lowest BCUT2D eigenvalue weighted by Crippen LogP contribution is -1.99. The van der Waals surface area contributed by atoms with Gasteiger partial charge in [-0.15, -0.1) is 11.3 Å². The van der Waals surface area contributed by atoms with E-state index in [1.165, 1.54) is 4.88 Å². The van der Waals surface area contributed by atoms with Crippen molar-refractivity contribution in [1.29, 1.82) is 0 Å². The van der Waals surface area contributed by atoms with Gasteiger partial charge in [-0.1, -0.05) is 12.1 Å². The molecule has 19 heavy (non-hydrogen) atoms. The van der Waals surface area contributed by atoms with Gasteiger partial charge in [0.1, 0.15) is 0 Å². The summed E-state index contributed by atoms with van der Waals surface area (Å²) in [6.45, 7) is 2.77. The molecule has 3 rings (SSSR count). The quantitative estimate of drug-likeness (QED) is 0.717. The molecule has 0 aliphatic heterocycles. The molecule has 0 saturated heterocycles. The van der Waals surface area contributed by atoms with Crippen LogP contribution in [0.2, 0.25) is 0 Å². The Kier molecular flexibility index (Phi) is 3.05. The van der Waals surface area contributed by atoms with Crippen molar-refractivity contribution < 1.29 is 0 Å². The number of hydrogen-bond donors (Lipinski definition) is 2. The molecular formula is C14H14N4S. The summed E-state index contributed by atoms with van der Waals surface area (Å²) < 4.78 is 0.